The van der Waals surface area contributed by atoms with Crippen LogP contribution < -0.4 is 0 Å². The molecule has 1 aliphatic carbocycles. The Morgan fingerprint density at radius 2 is 2.22 bits per heavy atom. The molecule has 2 rings (SSSR count). The van der Waals surface area contributed by atoms with Crippen LogP contribution in [0.3, 0.4) is 0 Å². The highest BCUT2D eigenvalue weighted by molar-refractivity contribution is 6.46. The summed E-state index contributed by atoms with van der Waals surface area (Å²) in [5, 5.41) is 0. The third kappa shape index (κ3) is 1.92. The molecule has 0 unspecified atom stereocenters. The average Bonchev–Trinajstić information content (AvgIpc) is 2.93. The fourth-order valence-corrected chi connectivity index (χ4v) is 2.80. The van der Waals surface area contributed by atoms with E-state index in [-0.39, 0.29) is 23.3 Å². The van der Waals surface area contributed by atoms with Crippen molar-refractivity contribution in [2.24, 2.45) is 10.4 Å². The fraction of sp³-hybridized carbons (Fsp3) is 0.500. The number of aliphatic imine (C=N–C) groups is 1. The van der Waals surface area contributed by atoms with E-state index in [2.05, 4.69) is 18.5 Å². The van der Waals surface area contributed by atoms with E-state index < -0.39 is 0 Å². The van der Waals surface area contributed by atoms with Gasteiger partial charge in [0.1, 0.15) is 5.71 Å². The first-order chi connectivity index (χ1) is 8.57. The standard InChI is InChI=1S/C14H18N2O2/c1-4-5-6-10(15-3)13(18)11-7-14(2)8-12(14)16(11)9-17/h4-6,9,11-12H,1,7-8H2,2-3H3/b6-5-,15-10?/t11-,12+,14-/m0/s1. The van der Waals surface area contributed by atoms with E-state index in [1.807, 2.05) is 0 Å². The van der Waals surface area contributed by atoms with E-state index in [1.54, 1.807) is 30.2 Å². The van der Waals surface area contributed by atoms with Crippen molar-refractivity contribution in [1.29, 1.82) is 0 Å². The lowest BCUT2D eigenvalue weighted by atomic mass is 9.97. The van der Waals surface area contributed by atoms with Gasteiger partial charge in [-0.05, 0) is 24.3 Å². The molecule has 1 aliphatic heterocycles. The molecule has 4 nitrogen and oxygen atoms in total. The quantitative estimate of drug-likeness (QED) is 0.418. The summed E-state index contributed by atoms with van der Waals surface area (Å²) in [5.41, 5.74) is 0.541. The number of hydrogen-bond acceptors (Lipinski definition) is 3. The van der Waals surface area contributed by atoms with Crippen molar-refractivity contribution in [1.82, 2.24) is 4.90 Å². The lowest BCUT2D eigenvalue weighted by Gasteiger charge is -2.21. The minimum absolute atomic E-state index is 0.0730. The molecule has 0 N–H and O–H groups in total. The van der Waals surface area contributed by atoms with Crippen LogP contribution in [0, 0.1) is 5.41 Å². The Morgan fingerprint density at radius 3 is 2.78 bits per heavy atom. The number of likely N-dealkylation sites (tertiary alicyclic amines) is 1. The number of carbonyl (C=O) groups excluding carboxylic acids is 2. The van der Waals surface area contributed by atoms with Crippen LogP contribution in [0.25, 0.3) is 0 Å². The summed E-state index contributed by atoms with van der Waals surface area (Å²) in [6.07, 6.45) is 7.49. The molecular weight excluding hydrogens is 228 g/mol. The second-order valence-electron chi connectivity index (χ2n) is 5.21. The van der Waals surface area contributed by atoms with Crippen LogP contribution in [-0.4, -0.2) is 41.9 Å². The predicted octanol–water partition coefficient (Wildman–Crippen LogP) is 1.38. The highest BCUT2D eigenvalue weighted by Gasteiger charge is 2.62. The number of allylic oxidation sites excluding steroid dienone is 3. The molecule has 1 saturated carbocycles. The van der Waals surface area contributed by atoms with Crippen LogP contribution in [-0.2, 0) is 9.59 Å². The summed E-state index contributed by atoms with van der Waals surface area (Å²) in [7, 11) is 1.59. The lowest BCUT2D eigenvalue weighted by molar-refractivity contribution is -0.127. The van der Waals surface area contributed by atoms with Gasteiger partial charge in [0.05, 0.1) is 6.04 Å². The van der Waals surface area contributed by atoms with Gasteiger partial charge in [-0.25, -0.2) is 0 Å². The molecule has 1 heterocycles. The number of Topliss-reactive ketones (excluding diaryl/α,β-unsaturated/α-hetero) is 1. The summed E-state index contributed by atoms with van der Waals surface area (Å²) < 4.78 is 0. The van der Waals surface area contributed by atoms with Crippen molar-refractivity contribution in [3.05, 3.63) is 24.8 Å². The van der Waals surface area contributed by atoms with Crippen LogP contribution >= 0.6 is 0 Å². The van der Waals surface area contributed by atoms with Crippen LogP contribution in [0.4, 0.5) is 0 Å². The maximum absolute atomic E-state index is 12.3. The van der Waals surface area contributed by atoms with Gasteiger partial charge in [0.25, 0.3) is 0 Å². The van der Waals surface area contributed by atoms with Gasteiger partial charge in [0, 0.05) is 13.1 Å². The van der Waals surface area contributed by atoms with Crippen molar-refractivity contribution >= 4 is 17.9 Å². The summed E-state index contributed by atoms with van der Waals surface area (Å²) in [6, 6.07) is -0.107. The zero-order valence-electron chi connectivity index (χ0n) is 10.8. The molecule has 0 aromatic heterocycles. The highest BCUT2D eigenvalue weighted by Crippen LogP contribution is 2.58. The zero-order chi connectivity index (χ0) is 13.3. The van der Waals surface area contributed by atoms with Crippen LogP contribution in [0.5, 0.6) is 0 Å². The van der Waals surface area contributed by atoms with Gasteiger partial charge in [-0.3, -0.25) is 14.6 Å². The topological polar surface area (TPSA) is 49.7 Å². The molecule has 3 atom stereocenters. The van der Waals surface area contributed by atoms with E-state index in [1.165, 1.54) is 0 Å². The van der Waals surface area contributed by atoms with Crippen molar-refractivity contribution in [3.8, 4) is 0 Å². The van der Waals surface area contributed by atoms with Gasteiger partial charge in [-0.15, -0.1) is 0 Å². The van der Waals surface area contributed by atoms with Gasteiger partial charge < -0.3 is 4.90 Å². The Kier molecular flexibility index (Phi) is 3.20. The number of fused-ring (bicyclic) bond motifs is 1. The number of ketones is 1. The Morgan fingerprint density at radius 1 is 1.50 bits per heavy atom. The van der Waals surface area contributed by atoms with Crippen LogP contribution in [0.1, 0.15) is 19.8 Å². The zero-order valence-corrected chi connectivity index (χ0v) is 10.8. The lowest BCUT2D eigenvalue weighted by Crippen LogP contribution is -2.41. The van der Waals surface area contributed by atoms with Gasteiger partial charge in [0.15, 0.2) is 0 Å². The van der Waals surface area contributed by atoms with Gasteiger partial charge in [-0.1, -0.05) is 25.7 Å². The molecule has 1 saturated heterocycles. The Hall–Kier alpha value is -1.71. The van der Waals surface area contributed by atoms with Gasteiger partial charge in [-0.2, -0.15) is 0 Å². The molecule has 0 aromatic carbocycles. The third-order valence-corrected chi connectivity index (χ3v) is 3.99. The average molecular weight is 246 g/mol. The molecule has 1 amide bonds. The molecular formula is C14H18N2O2. The Balaban J connectivity index is 2.16. The second kappa shape index (κ2) is 4.52. The Labute approximate surface area is 107 Å². The van der Waals surface area contributed by atoms with Crippen molar-refractivity contribution in [2.45, 2.75) is 31.8 Å². The maximum atomic E-state index is 12.3. The number of rotatable bonds is 5. The van der Waals surface area contributed by atoms with E-state index in [0.29, 0.717) is 5.71 Å². The number of nitrogens with zero attached hydrogens (tertiary/aromatic N) is 2. The van der Waals surface area contributed by atoms with E-state index in [4.69, 9.17) is 0 Å². The first-order valence-electron chi connectivity index (χ1n) is 6.10. The van der Waals surface area contributed by atoms with Crippen LogP contribution in [0.2, 0.25) is 0 Å². The van der Waals surface area contributed by atoms with Gasteiger partial charge in [0.2, 0.25) is 12.2 Å². The highest BCUT2D eigenvalue weighted by atomic mass is 16.2. The molecule has 2 fully saturated rings. The van der Waals surface area contributed by atoms with E-state index in [9.17, 15) is 9.59 Å². The molecule has 0 aromatic rings. The van der Waals surface area contributed by atoms with E-state index in [0.717, 1.165) is 19.3 Å². The number of carbonyl (C=O) groups is 2. The second-order valence-corrected chi connectivity index (χ2v) is 5.21. The monoisotopic (exact) mass is 246 g/mol. The fourth-order valence-electron chi connectivity index (χ4n) is 2.80. The van der Waals surface area contributed by atoms with Crippen molar-refractivity contribution < 1.29 is 9.59 Å². The third-order valence-electron chi connectivity index (χ3n) is 3.99. The SMILES string of the molecule is C=C/C=C\C(=NC)C(=O)[C@@H]1C[C@@]2(C)C[C@H]2N1C=O. The maximum Gasteiger partial charge on any atom is 0.210 e. The van der Waals surface area contributed by atoms with Crippen molar-refractivity contribution in [2.75, 3.05) is 7.05 Å². The normalized spacial score (nSPS) is 34.6. The molecule has 96 valence electrons. The first kappa shape index (κ1) is 12.7. The van der Waals surface area contributed by atoms with Crippen molar-refractivity contribution in [3.63, 3.8) is 0 Å². The van der Waals surface area contributed by atoms with Gasteiger partial charge >= 0.3 is 0 Å². The summed E-state index contributed by atoms with van der Waals surface area (Å²) in [6.45, 7) is 5.69. The summed E-state index contributed by atoms with van der Waals surface area (Å²) >= 11 is 0. The van der Waals surface area contributed by atoms with E-state index >= 15 is 0 Å². The number of hydrogen-bond donors (Lipinski definition) is 0. The molecule has 0 bridgehead atoms. The Bertz CT molecular complexity index is 453. The minimum Gasteiger partial charge on any atom is -0.331 e. The molecule has 4 heteroatoms. The smallest absolute Gasteiger partial charge is 0.210 e. The minimum atomic E-state index is -0.348. The summed E-state index contributed by atoms with van der Waals surface area (Å²) in [4.78, 5) is 29.1. The molecule has 2 aliphatic rings. The van der Waals surface area contributed by atoms with Crippen LogP contribution in [0.15, 0.2) is 29.8 Å². The molecule has 0 spiro atoms. The number of amides is 1. The number of piperidine rings is 1. The summed E-state index contributed by atoms with van der Waals surface area (Å²) in [5.74, 6) is -0.0730. The molecule has 18 heavy (non-hydrogen) atoms. The molecule has 0 radical (unpaired) electrons. The first-order valence-corrected chi connectivity index (χ1v) is 6.10. The largest absolute Gasteiger partial charge is 0.331 e. The predicted molar refractivity (Wildman–Crippen MR) is 70.5 cm³/mol.